The second-order valence-electron chi connectivity index (χ2n) is 5.42. The summed E-state index contributed by atoms with van der Waals surface area (Å²) >= 11 is 18.4. The molecule has 0 aromatic heterocycles. The van der Waals surface area contributed by atoms with Gasteiger partial charge in [0.25, 0.3) is 0 Å². The number of hydrogen-bond acceptors (Lipinski definition) is 1. The molecule has 0 spiro atoms. The van der Waals surface area contributed by atoms with E-state index in [-0.39, 0.29) is 17.9 Å². The Morgan fingerprint density at radius 2 is 1.85 bits per heavy atom. The lowest BCUT2D eigenvalue weighted by Crippen LogP contribution is -2.36. The number of halogens is 3. The number of amides is 1. The van der Waals surface area contributed by atoms with Crippen molar-refractivity contribution < 1.29 is 4.79 Å². The number of alkyl halides is 2. The van der Waals surface area contributed by atoms with E-state index >= 15 is 0 Å². The number of hydrogen-bond donors (Lipinski definition) is 1. The van der Waals surface area contributed by atoms with E-state index in [0.717, 1.165) is 5.56 Å². The van der Waals surface area contributed by atoms with Crippen molar-refractivity contribution in [2.24, 2.45) is 11.3 Å². The van der Waals surface area contributed by atoms with Crippen LogP contribution in [-0.2, 0) is 4.79 Å². The van der Waals surface area contributed by atoms with Gasteiger partial charge in [-0.3, -0.25) is 4.79 Å². The van der Waals surface area contributed by atoms with Gasteiger partial charge in [0.05, 0.1) is 11.5 Å². The Balaban J connectivity index is 2.11. The van der Waals surface area contributed by atoms with E-state index in [0.29, 0.717) is 11.4 Å². The first-order valence-corrected chi connectivity index (χ1v) is 7.85. The van der Waals surface area contributed by atoms with Crippen molar-refractivity contribution in [3.05, 3.63) is 34.9 Å². The van der Waals surface area contributed by atoms with Crippen LogP contribution in [0, 0.1) is 11.3 Å². The lowest BCUT2D eigenvalue weighted by molar-refractivity contribution is -0.127. The molecule has 1 N–H and O–H groups in total. The monoisotopic (exact) mass is 333 g/mol. The van der Waals surface area contributed by atoms with Crippen LogP contribution in [-0.4, -0.2) is 10.2 Å². The van der Waals surface area contributed by atoms with E-state index in [1.165, 1.54) is 0 Å². The zero-order valence-electron chi connectivity index (χ0n) is 11.7. The van der Waals surface area contributed by atoms with Crippen molar-refractivity contribution in [2.45, 2.75) is 37.6 Å². The van der Waals surface area contributed by atoms with Crippen molar-refractivity contribution in [1.29, 1.82) is 0 Å². The molecule has 0 radical (unpaired) electrons. The Hall–Kier alpha value is -0.440. The minimum absolute atomic E-state index is 0.0410. The fourth-order valence-electron chi connectivity index (χ4n) is 2.85. The van der Waals surface area contributed by atoms with Crippen LogP contribution in [0.15, 0.2) is 24.3 Å². The van der Waals surface area contributed by atoms with Gasteiger partial charge in [-0.25, -0.2) is 0 Å². The van der Waals surface area contributed by atoms with E-state index in [9.17, 15) is 4.79 Å². The largest absolute Gasteiger partial charge is 0.349 e. The SMILES string of the molecule is CC[C@@]1(C(=O)N[C@@H](C)c2ccc(Cl)cc2)[C@@H](C)C1(Cl)Cl. The van der Waals surface area contributed by atoms with E-state index in [1.807, 2.05) is 45.0 Å². The third kappa shape index (κ3) is 2.32. The smallest absolute Gasteiger partial charge is 0.230 e. The maximum atomic E-state index is 12.5. The first-order chi connectivity index (χ1) is 9.27. The molecule has 1 aromatic carbocycles. The number of carbonyl (C=O) groups is 1. The lowest BCUT2D eigenvalue weighted by Gasteiger charge is -2.20. The van der Waals surface area contributed by atoms with Gasteiger partial charge in [0.2, 0.25) is 5.91 Å². The van der Waals surface area contributed by atoms with Crippen molar-refractivity contribution in [3.8, 4) is 0 Å². The summed E-state index contributed by atoms with van der Waals surface area (Å²) in [6.45, 7) is 5.78. The summed E-state index contributed by atoms with van der Waals surface area (Å²) in [6, 6.07) is 7.30. The van der Waals surface area contributed by atoms with Crippen LogP contribution in [0.1, 0.15) is 38.8 Å². The Morgan fingerprint density at radius 3 is 2.25 bits per heavy atom. The molecule has 1 aliphatic carbocycles. The molecule has 1 amide bonds. The molecule has 0 saturated heterocycles. The van der Waals surface area contributed by atoms with Gasteiger partial charge in [-0.2, -0.15) is 0 Å². The van der Waals surface area contributed by atoms with Gasteiger partial charge in [0, 0.05) is 10.9 Å². The van der Waals surface area contributed by atoms with Crippen molar-refractivity contribution >= 4 is 40.7 Å². The topological polar surface area (TPSA) is 29.1 Å². The highest BCUT2D eigenvalue weighted by Crippen LogP contribution is 2.70. The van der Waals surface area contributed by atoms with Crippen LogP contribution in [0.5, 0.6) is 0 Å². The molecular weight excluding hydrogens is 317 g/mol. The Labute approximate surface area is 134 Å². The van der Waals surface area contributed by atoms with Crippen molar-refractivity contribution in [1.82, 2.24) is 5.32 Å². The van der Waals surface area contributed by atoms with Crippen LogP contribution in [0.25, 0.3) is 0 Å². The third-order valence-electron chi connectivity index (χ3n) is 4.47. The summed E-state index contributed by atoms with van der Waals surface area (Å²) in [5, 5.41) is 3.68. The Morgan fingerprint density at radius 1 is 1.35 bits per heavy atom. The Kier molecular flexibility index (Phi) is 4.30. The fourth-order valence-corrected chi connectivity index (χ4v) is 4.01. The average molecular weight is 335 g/mol. The molecule has 2 rings (SSSR count). The molecule has 0 unspecified atom stereocenters. The lowest BCUT2D eigenvalue weighted by atomic mass is 9.98. The molecule has 0 heterocycles. The van der Waals surface area contributed by atoms with Crippen LogP contribution in [0.2, 0.25) is 5.02 Å². The van der Waals surface area contributed by atoms with Crippen LogP contribution in [0.4, 0.5) is 0 Å². The molecular formula is C15H18Cl3NO. The molecule has 5 heteroatoms. The molecule has 0 aliphatic heterocycles. The summed E-state index contributed by atoms with van der Waals surface area (Å²) in [5.41, 5.74) is 0.314. The standard InChI is InChI=1S/C15H18Cl3NO/c1-4-14(10(3)15(14,17)18)13(20)19-9(2)11-5-7-12(16)8-6-11/h5-10H,4H2,1-3H3,(H,19,20)/t9-,10+,14-/m0/s1. The van der Waals surface area contributed by atoms with E-state index in [4.69, 9.17) is 34.8 Å². The van der Waals surface area contributed by atoms with E-state index in [2.05, 4.69) is 5.32 Å². The van der Waals surface area contributed by atoms with Crippen LogP contribution < -0.4 is 5.32 Å². The highest BCUT2D eigenvalue weighted by atomic mass is 35.5. The molecule has 1 aromatic rings. The summed E-state index contributed by atoms with van der Waals surface area (Å²) in [5.74, 6) is -0.124. The first-order valence-electron chi connectivity index (χ1n) is 6.71. The third-order valence-corrected chi connectivity index (χ3v) is 6.06. The van der Waals surface area contributed by atoms with E-state index < -0.39 is 9.75 Å². The summed E-state index contributed by atoms with van der Waals surface area (Å²) in [6.07, 6.45) is 0.625. The molecule has 1 fully saturated rings. The molecule has 2 nitrogen and oxygen atoms in total. The first kappa shape index (κ1) is 15.9. The summed E-state index contributed by atoms with van der Waals surface area (Å²) in [7, 11) is 0. The number of carbonyl (C=O) groups excluding carboxylic acids is 1. The van der Waals surface area contributed by atoms with Gasteiger partial charge >= 0.3 is 0 Å². The fraction of sp³-hybridized carbons (Fsp3) is 0.533. The quantitative estimate of drug-likeness (QED) is 0.792. The summed E-state index contributed by atoms with van der Waals surface area (Å²) in [4.78, 5) is 12.5. The van der Waals surface area contributed by atoms with Gasteiger partial charge in [-0.05, 0) is 31.0 Å². The van der Waals surface area contributed by atoms with Crippen LogP contribution >= 0.6 is 34.8 Å². The maximum absolute atomic E-state index is 12.5. The van der Waals surface area contributed by atoms with Crippen molar-refractivity contribution in [2.75, 3.05) is 0 Å². The molecule has 110 valence electrons. The molecule has 0 bridgehead atoms. The van der Waals surface area contributed by atoms with Gasteiger partial charge in [-0.1, -0.05) is 37.6 Å². The van der Waals surface area contributed by atoms with Gasteiger partial charge in [0.15, 0.2) is 0 Å². The number of rotatable bonds is 4. The Bertz CT molecular complexity index is 514. The number of nitrogens with one attached hydrogen (secondary N) is 1. The average Bonchev–Trinajstić information content (AvgIpc) is 2.84. The zero-order valence-corrected chi connectivity index (χ0v) is 14.0. The second-order valence-corrected chi connectivity index (χ2v) is 7.24. The predicted molar refractivity (Wildman–Crippen MR) is 84.3 cm³/mol. The van der Waals surface area contributed by atoms with Gasteiger partial charge in [-0.15, -0.1) is 23.2 Å². The second kappa shape index (κ2) is 5.40. The van der Waals surface area contributed by atoms with Crippen molar-refractivity contribution in [3.63, 3.8) is 0 Å². The zero-order chi connectivity index (χ0) is 15.1. The van der Waals surface area contributed by atoms with Crippen LogP contribution in [0.3, 0.4) is 0 Å². The summed E-state index contributed by atoms with van der Waals surface area (Å²) < 4.78 is -0.967. The minimum atomic E-state index is -0.967. The molecule has 20 heavy (non-hydrogen) atoms. The van der Waals surface area contributed by atoms with Gasteiger partial charge < -0.3 is 5.32 Å². The van der Waals surface area contributed by atoms with E-state index in [1.54, 1.807) is 0 Å². The predicted octanol–water partition coefficient (Wildman–Crippen LogP) is 4.74. The highest BCUT2D eigenvalue weighted by Gasteiger charge is 2.76. The number of benzene rings is 1. The molecule has 3 atom stereocenters. The molecule has 1 aliphatic rings. The maximum Gasteiger partial charge on any atom is 0.230 e. The van der Waals surface area contributed by atoms with Gasteiger partial charge in [0.1, 0.15) is 4.33 Å². The highest BCUT2D eigenvalue weighted by molar-refractivity contribution is 6.53. The minimum Gasteiger partial charge on any atom is -0.349 e. The normalized spacial score (nSPS) is 28.8. The molecule has 1 saturated carbocycles.